The number of hydrogen-bond donors (Lipinski definition) is 2. The minimum absolute atomic E-state index is 0.357. The lowest BCUT2D eigenvalue weighted by Crippen LogP contribution is -2.51. The summed E-state index contributed by atoms with van der Waals surface area (Å²) >= 11 is 0. The first-order valence-electron chi connectivity index (χ1n) is 7.30. The van der Waals surface area contributed by atoms with Gasteiger partial charge in [-0.1, -0.05) is 63.8 Å². The molecule has 0 aromatic rings. The summed E-state index contributed by atoms with van der Waals surface area (Å²) in [6, 6.07) is 0. The maximum atomic E-state index is 11.9. The first-order chi connectivity index (χ1) is 9.47. The van der Waals surface area contributed by atoms with Crippen LogP contribution in [0.1, 0.15) is 52.4 Å². The Labute approximate surface area is 120 Å². The van der Waals surface area contributed by atoms with Gasteiger partial charge in [0.05, 0.1) is 0 Å². The van der Waals surface area contributed by atoms with E-state index in [-0.39, 0.29) is 0 Å². The molecule has 0 heterocycles. The molecule has 4 nitrogen and oxygen atoms in total. The molecule has 0 fully saturated rings. The van der Waals surface area contributed by atoms with Crippen LogP contribution >= 0.6 is 0 Å². The van der Waals surface area contributed by atoms with E-state index in [9.17, 15) is 19.8 Å². The van der Waals surface area contributed by atoms with Crippen LogP contribution in [-0.4, -0.2) is 22.2 Å². The maximum absolute atomic E-state index is 11.9. The molecule has 0 aromatic carbocycles. The van der Waals surface area contributed by atoms with Gasteiger partial charge < -0.3 is 10.2 Å². The number of aliphatic carboxylic acids is 2. The standard InChI is InChI=1S/C16H24O4/c1-3-5-9-15(13(17)18)11-7-8-12-16(15,14(19)20)10-6-4-2/h7-8,11-12H,3-6,9-10H2,1-2H3,(H,17,18)(H,19,20)/t15-,16-/m1/s1. The van der Waals surface area contributed by atoms with E-state index < -0.39 is 22.8 Å². The summed E-state index contributed by atoms with van der Waals surface area (Å²) < 4.78 is 0. The van der Waals surface area contributed by atoms with E-state index in [1.165, 1.54) is 0 Å². The second kappa shape index (κ2) is 6.73. The lowest BCUT2D eigenvalue weighted by molar-refractivity contribution is -0.167. The van der Waals surface area contributed by atoms with E-state index in [2.05, 4.69) is 0 Å². The van der Waals surface area contributed by atoms with Crippen molar-refractivity contribution in [2.75, 3.05) is 0 Å². The predicted molar refractivity (Wildman–Crippen MR) is 77.5 cm³/mol. The van der Waals surface area contributed by atoms with E-state index in [4.69, 9.17) is 0 Å². The monoisotopic (exact) mass is 280 g/mol. The van der Waals surface area contributed by atoms with Crippen molar-refractivity contribution < 1.29 is 19.8 Å². The number of rotatable bonds is 8. The lowest BCUT2D eigenvalue weighted by atomic mass is 9.57. The molecule has 0 aliphatic heterocycles. The van der Waals surface area contributed by atoms with Crippen molar-refractivity contribution in [1.82, 2.24) is 0 Å². The topological polar surface area (TPSA) is 74.6 Å². The molecular formula is C16H24O4. The molecular weight excluding hydrogens is 256 g/mol. The molecule has 0 unspecified atom stereocenters. The lowest BCUT2D eigenvalue weighted by Gasteiger charge is -2.43. The van der Waals surface area contributed by atoms with Crippen molar-refractivity contribution in [1.29, 1.82) is 0 Å². The molecule has 1 aliphatic carbocycles. The highest BCUT2D eigenvalue weighted by Crippen LogP contribution is 2.51. The molecule has 0 radical (unpaired) electrons. The van der Waals surface area contributed by atoms with E-state index >= 15 is 0 Å². The van der Waals surface area contributed by atoms with Crippen LogP contribution in [0.25, 0.3) is 0 Å². The molecule has 0 amide bonds. The highest BCUT2D eigenvalue weighted by Gasteiger charge is 2.58. The van der Waals surface area contributed by atoms with Gasteiger partial charge in [-0.05, 0) is 12.8 Å². The molecule has 1 aliphatic rings. The van der Waals surface area contributed by atoms with Gasteiger partial charge in [0.25, 0.3) is 0 Å². The van der Waals surface area contributed by atoms with E-state index in [0.29, 0.717) is 25.7 Å². The van der Waals surface area contributed by atoms with Gasteiger partial charge in [0.1, 0.15) is 10.8 Å². The van der Waals surface area contributed by atoms with Gasteiger partial charge in [-0.2, -0.15) is 0 Å². The van der Waals surface area contributed by atoms with Crippen LogP contribution in [0, 0.1) is 10.8 Å². The quantitative estimate of drug-likeness (QED) is 0.712. The summed E-state index contributed by atoms with van der Waals surface area (Å²) in [6.07, 6.45) is 10.3. The number of carbonyl (C=O) groups is 2. The Morgan fingerprint density at radius 2 is 1.20 bits per heavy atom. The third-order valence-electron chi connectivity index (χ3n) is 4.28. The number of carboxylic acid groups (broad SMARTS) is 2. The Balaban J connectivity index is 3.32. The Hall–Kier alpha value is -1.58. The molecule has 0 bridgehead atoms. The average Bonchev–Trinajstić information content (AvgIpc) is 2.43. The molecule has 2 atom stereocenters. The van der Waals surface area contributed by atoms with Gasteiger partial charge in [0.2, 0.25) is 0 Å². The van der Waals surface area contributed by atoms with E-state index in [1.807, 2.05) is 13.8 Å². The predicted octanol–water partition coefficient (Wildman–Crippen LogP) is 3.63. The summed E-state index contributed by atoms with van der Waals surface area (Å²) in [4.78, 5) is 23.8. The number of allylic oxidation sites excluding steroid dienone is 2. The largest absolute Gasteiger partial charge is 0.481 e. The normalized spacial score (nSPS) is 28.5. The fourth-order valence-electron chi connectivity index (χ4n) is 3.00. The zero-order valence-corrected chi connectivity index (χ0v) is 12.3. The number of unbranched alkanes of at least 4 members (excludes halogenated alkanes) is 2. The smallest absolute Gasteiger partial charge is 0.315 e. The van der Waals surface area contributed by atoms with Crippen molar-refractivity contribution in [2.24, 2.45) is 10.8 Å². The first kappa shape index (κ1) is 16.5. The van der Waals surface area contributed by atoms with Gasteiger partial charge in [-0.15, -0.1) is 0 Å². The molecule has 0 saturated heterocycles. The summed E-state index contributed by atoms with van der Waals surface area (Å²) in [6.45, 7) is 3.96. The zero-order valence-electron chi connectivity index (χ0n) is 12.3. The minimum Gasteiger partial charge on any atom is -0.481 e. The third-order valence-corrected chi connectivity index (χ3v) is 4.28. The maximum Gasteiger partial charge on any atom is 0.315 e. The second-order valence-electron chi connectivity index (χ2n) is 5.48. The van der Waals surface area contributed by atoms with Crippen molar-refractivity contribution in [3.05, 3.63) is 24.3 Å². The molecule has 4 heteroatoms. The third kappa shape index (κ3) is 2.65. The van der Waals surface area contributed by atoms with Gasteiger partial charge >= 0.3 is 11.9 Å². The summed E-state index contributed by atoms with van der Waals surface area (Å²) in [7, 11) is 0. The van der Waals surface area contributed by atoms with Gasteiger partial charge in [0.15, 0.2) is 0 Å². The Bertz CT molecular complexity index is 384. The molecule has 1 rings (SSSR count). The fourth-order valence-corrected chi connectivity index (χ4v) is 3.00. The van der Waals surface area contributed by atoms with Crippen LogP contribution in [-0.2, 0) is 9.59 Å². The Morgan fingerprint density at radius 1 is 0.850 bits per heavy atom. The van der Waals surface area contributed by atoms with E-state index in [0.717, 1.165) is 12.8 Å². The van der Waals surface area contributed by atoms with Gasteiger partial charge in [0, 0.05) is 0 Å². The molecule has 0 aromatic heterocycles. The first-order valence-corrected chi connectivity index (χ1v) is 7.30. The van der Waals surface area contributed by atoms with Gasteiger partial charge in [-0.25, -0.2) is 0 Å². The molecule has 2 N–H and O–H groups in total. The highest BCUT2D eigenvalue weighted by atomic mass is 16.4. The van der Waals surface area contributed by atoms with Gasteiger partial charge in [-0.3, -0.25) is 9.59 Å². The van der Waals surface area contributed by atoms with Crippen molar-refractivity contribution >= 4 is 11.9 Å². The van der Waals surface area contributed by atoms with Crippen LogP contribution < -0.4 is 0 Å². The van der Waals surface area contributed by atoms with Crippen LogP contribution in [0.2, 0.25) is 0 Å². The number of carboxylic acids is 2. The molecule has 0 spiro atoms. The van der Waals surface area contributed by atoms with Crippen molar-refractivity contribution in [3.8, 4) is 0 Å². The average molecular weight is 280 g/mol. The Kier molecular flexibility index (Phi) is 5.54. The highest BCUT2D eigenvalue weighted by molar-refractivity contribution is 5.90. The van der Waals surface area contributed by atoms with E-state index in [1.54, 1.807) is 24.3 Å². The zero-order chi connectivity index (χ0) is 15.2. The summed E-state index contributed by atoms with van der Waals surface area (Å²) in [5.74, 6) is -2.07. The summed E-state index contributed by atoms with van der Waals surface area (Å²) in [5, 5.41) is 19.5. The second-order valence-corrected chi connectivity index (χ2v) is 5.48. The van der Waals surface area contributed by atoms with Crippen LogP contribution in [0.4, 0.5) is 0 Å². The van der Waals surface area contributed by atoms with Crippen LogP contribution in [0.3, 0.4) is 0 Å². The SMILES string of the molecule is CCCC[C@]1(C(=O)O)C=CC=C[C@]1(CCCC)C(=O)O. The van der Waals surface area contributed by atoms with Crippen molar-refractivity contribution in [2.45, 2.75) is 52.4 Å². The molecule has 0 saturated carbocycles. The van der Waals surface area contributed by atoms with Crippen LogP contribution in [0.5, 0.6) is 0 Å². The summed E-state index contributed by atoms with van der Waals surface area (Å²) in [5.41, 5.74) is -2.67. The Morgan fingerprint density at radius 3 is 1.45 bits per heavy atom. The molecule has 112 valence electrons. The van der Waals surface area contributed by atoms with Crippen molar-refractivity contribution in [3.63, 3.8) is 0 Å². The minimum atomic E-state index is -1.33. The van der Waals surface area contributed by atoms with Crippen LogP contribution in [0.15, 0.2) is 24.3 Å². The molecule has 20 heavy (non-hydrogen) atoms. The fraction of sp³-hybridized carbons (Fsp3) is 0.625. The number of hydrogen-bond acceptors (Lipinski definition) is 2.